The molecule has 1 aromatic heterocycles. The minimum Gasteiger partial charge on any atom is -0.369 e. The van der Waals surface area contributed by atoms with E-state index in [2.05, 4.69) is 10.3 Å². The van der Waals surface area contributed by atoms with E-state index in [9.17, 15) is 8.42 Å². The average molecular weight is 249 g/mol. The van der Waals surface area contributed by atoms with E-state index in [-0.39, 0.29) is 11.5 Å². The Morgan fingerprint density at radius 3 is 2.73 bits per heavy atom. The van der Waals surface area contributed by atoms with Gasteiger partial charge in [0.05, 0.1) is 10.8 Å². The molecule has 0 aromatic carbocycles. The molecule has 0 aliphatic heterocycles. The highest BCUT2D eigenvalue weighted by atomic mass is 35.5. The maximum atomic E-state index is 11.2. The molecule has 1 heterocycles. The van der Waals surface area contributed by atoms with Gasteiger partial charge in [0.2, 0.25) is 0 Å². The molecule has 1 aromatic rings. The second kappa shape index (κ2) is 5.32. The van der Waals surface area contributed by atoms with Crippen molar-refractivity contribution in [3.63, 3.8) is 0 Å². The molecule has 0 amide bonds. The number of sulfone groups is 1. The topological polar surface area (TPSA) is 59.1 Å². The molecule has 0 saturated carbocycles. The van der Waals surface area contributed by atoms with Crippen molar-refractivity contribution in [2.75, 3.05) is 23.4 Å². The molecule has 1 N–H and O–H groups in total. The van der Waals surface area contributed by atoms with E-state index in [0.29, 0.717) is 17.4 Å². The van der Waals surface area contributed by atoms with Crippen molar-refractivity contribution in [3.05, 3.63) is 23.4 Å². The van der Waals surface area contributed by atoms with Crippen LogP contribution in [0.25, 0.3) is 0 Å². The van der Waals surface area contributed by atoms with Gasteiger partial charge in [-0.1, -0.05) is 18.5 Å². The fourth-order valence-corrected chi connectivity index (χ4v) is 1.77. The highest BCUT2D eigenvalue weighted by molar-refractivity contribution is 7.91. The smallest absolute Gasteiger partial charge is 0.151 e. The minimum absolute atomic E-state index is 0.119. The maximum Gasteiger partial charge on any atom is 0.151 e. The van der Waals surface area contributed by atoms with Crippen LogP contribution in [0.2, 0.25) is 5.02 Å². The summed E-state index contributed by atoms with van der Waals surface area (Å²) in [6.45, 7) is 2.00. The predicted octanol–water partition coefficient (Wildman–Crippen LogP) is 1.58. The first kappa shape index (κ1) is 12.3. The molecule has 4 nitrogen and oxygen atoms in total. The number of hydrogen-bond acceptors (Lipinski definition) is 4. The minimum atomic E-state index is -2.91. The molecule has 0 bridgehead atoms. The zero-order valence-corrected chi connectivity index (χ0v) is 9.98. The van der Waals surface area contributed by atoms with Gasteiger partial charge in [-0.3, -0.25) is 0 Å². The lowest BCUT2D eigenvalue weighted by molar-refractivity contribution is 0.597. The molecule has 84 valence electrons. The first-order chi connectivity index (χ1) is 7.03. The summed E-state index contributed by atoms with van der Waals surface area (Å²) < 4.78 is 22.3. The van der Waals surface area contributed by atoms with E-state index < -0.39 is 9.84 Å². The van der Waals surface area contributed by atoms with Crippen molar-refractivity contribution in [3.8, 4) is 0 Å². The number of anilines is 1. The number of aromatic nitrogens is 1. The molecule has 0 saturated heterocycles. The Labute approximate surface area is 94.6 Å². The first-order valence-corrected chi connectivity index (χ1v) is 6.79. The van der Waals surface area contributed by atoms with Crippen LogP contribution in [-0.4, -0.2) is 31.5 Å². The van der Waals surface area contributed by atoms with Gasteiger partial charge in [0.15, 0.2) is 9.84 Å². The van der Waals surface area contributed by atoms with Gasteiger partial charge < -0.3 is 5.32 Å². The fourth-order valence-electron chi connectivity index (χ4n) is 0.959. The molecule has 0 atom stereocenters. The Morgan fingerprint density at radius 1 is 1.47 bits per heavy atom. The highest BCUT2D eigenvalue weighted by Gasteiger charge is 2.06. The van der Waals surface area contributed by atoms with Gasteiger partial charge >= 0.3 is 0 Å². The van der Waals surface area contributed by atoms with E-state index in [1.165, 1.54) is 6.20 Å². The van der Waals surface area contributed by atoms with Gasteiger partial charge in [0.1, 0.15) is 5.82 Å². The van der Waals surface area contributed by atoms with Gasteiger partial charge in [-0.05, 0) is 12.1 Å². The summed E-state index contributed by atoms with van der Waals surface area (Å²) in [5, 5.41) is 3.47. The number of hydrogen-bond donors (Lipinski definition) is 1. The SMILES string of the molecule is CCS(=O)(=O)CCNc1ccc(Cl)cn1. The summed E-state index contributed by atoms with van der Waals surface area (Å²) in [5.41, 5.74) is 0. The number of halogens is 1. The van der Waals surface area contributed by atoms with E-state index in [4.69, 9.17) is 11.6 Å². The van der Waals surface area contributed by atoms with Crippen LogP contribution < -0.4 is 5.32 Å². The molecule has 15 heavy (non-hydrogen) atoms. The molecule has 0 radical (unpaired) electrons. The van der Waals surface area contributed by atoms with Crippen molar-refractivity contribution in [2.24, 2.45) is 0 Å². The maximum absolute atomic E-state index is 11.2. The standard InChI is InChI=1S/C9H13ClN2O2S/c1-2-15(13,14)6-5-11-9-4-3-8(10)7-12-9/h3-4,7H,2,5-6H2,1H3,(H,11,12). The normalized spacial score (nSPS) is 11.3. The zero-order valence-electron chi connectivity index (χ0n) is 8.40. The summed E-state index contributed by atoms with van der Waals surface area (Å²) >= 11 is 5.65. The van der Waals surface area contributed by atoms with Crippen molar-refractivity contribution in [1.82, 2.24) is 4.98 Å². The van der Waals surface area contributed by atoms with Crippen LogP contribution >= 0.6 is 11.6 Å². The summed E-state index contributed by atoms with van der Waals surface area (Å²) in [5.74, 6) is 0.919. The average Bonchev–Trinajstić information content (AvgIpc) is 2.21. The third kappa shape index (κ3) is 4.48. The van der Waals surface area contributed by atoms with E-state index in [1.54, 1.807) is 19.1 Å². The van der Waals surface area contributed by atoms with Crippen LogP contribution in [0.5, 0.6) is 0 Å². The van der Waals surface area contributed by atoms with Crippen molar-refractivity contribution in [1.29, 1.82) is 0 Å². The van der Waals surface area contributed by atoms with E-state index in [1.807, 2.05) is 0 Å². The Balaban J connectivity index is 2.42. The molecular formula is C9H13ClN2O2S. The van der Waals surface area contributed by atoms with Crippen molar-refractivity contribution >= 4 is 27.3 Å². The van der Waals surface area contributed by atoms with E-state index >= 15 is 0 Å². The Morgan fingerprint density at radius 2 is 2.20 bits per heavy atom. The fraction of sp³-hybridized carbons (Fsp3) is 0.444. The molecule has 0 unspecified atom stereocenters. The summed E-state index contributed by atoms with van der Waals surface area (Å²) in [6, 6.07) is 3.41. The predicted molar refractivity (Wildman–Crippen MR) is 62.1 cm³/mol. The van der Waals surface area contributed by atoms with Gasteiger partial charge in [-0.2, -0.15) is 0 Å². The molecular weight excluding hydrogens is 236 g/mol. The van der Waals surface area contributed by atoms with Gasteiger partial charge in [-0.25, -0.2) is 13.4 Å². The van der Waals surface area contributed by atoms with Gasteiger partial charge in [-0.15, -0.1) is 0 Å². The number of nitrogens with zero attached hydrogens (tertiary/aromatic N) is 1. The first-order valence-electron chi connectivity index (χ1n) is 4.59. The molecule has 0 aliphatic rings. The second-order valence-electron chi connectivity index (χ2n) is 3.02. The lowest BCUT2D eigenvalue weighted by Gasteiger charge is -2.04. The quantitative estimate of drug-likeness (QED) is 0.860. The Bertz CT molecular complexity index is 403. The van der Waals surface area contributed by atoms with Crippen LogP contribution in [0.15, 0.2) is 18.3 Å². The number of pyridine rings is 1. The zero-order chi connectivity index (χ0) is 11.3. The second-order valence-corrected chi connectivity index (χ2v) is 5.93. The molecule has 1 rings (SSSR count). The molecule has 0 aliphatic carbocycles. The lowest BCUT2D eigenvalue weighted by atomic mass is 10.4. The van der Waals surface area contributed by atoms with Gasteiger partial charge in [0.25, 0.3) is 0 Å². The van der Waals surface area contributed by atoms with Crippen molar-refractivity contribution in [2.45, 2.75) is 6.92 Å². The molecule has 0 spiro atoms. The Kier molecular flexibility index (Phi) is 4.35. The van der Waals surface area contributed by atoms with Crippen LogP contribution in [0.3, 0.4) is 0 Å². The Hall–Kier alpha value is -0.810. The summed E-state index contributed by atoms with van der Waals surface area (Å²) in [6.07, 6.45) is 1.51. The van der Waals surface area contributed by atoms with E-state index in [0.717, 1.165) is 0 Å². The lowest BCUT2D eigenvalue weighted by Crippen LogP contribution is -2.17. The summed E-state index contributed by atoms with van der Waals surface area (Å²) in [7, 11) is -2.91. The number of nitrogens with one attached hydrogen (secondary N) is 1. The summed E-state index contributed by atoms with van der Waals surface area (Å²) in [4.78, 5) is 3.99. The van der Waals surface area contributed by atoms with Crippen LogP contribution in [0.4, 0.5) is 5.82 Å². The van der Waals surface area contributed by atoms with Crippen molar-refractivity contribution < 1.29 is 8.42 Å². The largest absolute Gasteiger partial charge is 0.369 e. The third-order valence-corrected chi connectivity index (χ3v) is 3.82. The van der Waals surface area contributed by atoms with Gasteiger partial charge in [0, 0.05) is 18.5 Å². The highest BCUT2D eigenvalue weighted by Crippen LogP contribution is 2.09. The van der Waals surface area contributed by atoms with Crippen LogP contribution in [0.1, 0.15) is 6.92 Å². The van der Waals surface area contributed by atoms with Crippen LogP contribution in [0, 0.1) is 0 Å². The number of rotatable bonds is 5. The monoisotopic (exact) mass is 248 g/mol. The van der Waals surface area contributed by atoms with Crippen LogP contribution in [-0.2, 0) is 9.84 Å². The molecule has 0 fully saturated rings. The third-order valence-electron chi connectivity index (χ3n) is 1.89. The molecule has 6 heteroatoms.